The van der Waals surface area contributed by atoms with Crippen molar-refractivity contribution in [2.24, 2.45) is 0 Å². The molecule has 0 spiro atoms. The molecule has 1 saturated carbocycles. The van der Waals surface area contributed by atoms with E-state index in [-0.39, 0.29) is 11.8 Å². The molecule has 7 heteroatoms. The molecule has 5 nitrogen and oxygen atoms in total. The average Bonchev–Trinajstić information content (AvgIpc) is 3.16. The van der Waals surface area contributed by atoms with Gasteiger partial charge in [-0.3, -0.25) is 4.72 Å². The summed E-state index contributed by atoms with van der Waals surface area (Å²) in [5.74, 6) is -0.0449. The second-order valence-electron chi connectivity index (χ2n) is 7.65. The van der Waals surface area contributed by atoms with Crippen molar-refractivity contribution in [1.29, 1.82) is 0 Å². The minimum atomic E-state index is -0.750. The van der Waals surface area contributed by atoms with Crippen molar-refractivity contribution in [2.75, 3.05) is 5.32 Å². The first-order valence-corrected chi connectivity index (χ1v) is 10.3. The number of benzene rings is 1. The van der Waals surface area contributed by atoms with Gasteiger partial charge in [0.05, 0.1) is 11.9 Å². The van der Waals surface area contributed by atoms with Gasteiger partial charge in [0.2, 0.25) is 0 Å². The Morgan fingerprint density at radius 3 is 2.37 bits per heavy atom. The number of fused-ring (bicyclic) bond motifs is 2. The number of halogens is 1. The summed E-state index contributed by atoms with van der Waals surface area (Å²) in [6.07, 6.45) is 7.99. The van der Waals surface area contributed by atoms with Gasteiger partial charge in [-0.25, -0.2) is 9.18 Å². The molecule has 2 aromatic rings. The molecule has 1 aromatic heterocycles. The van der Waals surface area contributed by atoms with E-state index in [4.69, 9.17) is 4.42 Å². The van der Waals surface area contributed by atoms with Crippen molar-refractivity contribution >= 4 is 23.7 Å². The SMILES string of the molecule is O=C(NSc1cc(C2(O)CC2)co1)Nc1c2c(c(F)c3c1CCC3)CCC2. The number of hydrogen-bond acceptors (Lipinski definition) is 4. The Labute approximate surface area is 160 Å². The molecule has 1 heterocycles. The second-order valence-corrected chi connectivity index (χ2v) is 8.47. The molecule has 0 unspecified atom stereocenters. The van der Waals surface area contributed by atoms with Gasteiger partial charge in [0.15, 0.2) is 5.09 Å². The number of carbonyl (C=O) groups excluding carboxylic acids is 1. The van der Waals surface area contributed by atoms with Gasteiger partial charge in [0, 0.05) is 23.2 Å². The molecule has 3 aliphatic carbocycles. The summed E-state index contributed by atoms with van der Waals surface area (Å²) in [6, 6.07) is 1.41. The predicted molar refractivity (Wildman–Crippen MR) is 100 cm³/mol. The maximum Gasteiger partial charge on any atom is 0.329 e. The van der Waals surface area contributed by atoms with Crippen molar-refractivity contribution in [3.05, 3.63) is 46.0 Å². The number of amides is 2. The van der Waals surface area contributed by atoms with E-state index < -0.39 is 5.60 Å². The Hall–Kier alpha value is -1.99. The van der Waals surface area contributed by atoms with Crippen LogP contribution in [0.5, 0.6) is 0 Å². The molecular formula is C20H21FN2O3S. The van der Waals surface area contributed by atoms with E-state index in [2.05, 4.69) is 10.0 Å². The highest BCUT2D eigenvalue weighted by Gasteiger charge is 2.43. The largest absolute Gasteiger partial charge is 0.456 e. The van der Waals surface area contributed by atoms with Crippen molar-refractivity contribution in [3.8, 4) is 0 Å². The lowest BCUT2D eigenvalue weighted by Gasteiger charge is -2.17. The zero-order chi connectivity index (χ0) is 18.6. The molecule has 5 rings (SSSR count). The fourth-order valence-electron chi connectivity index (χ4n) is 4.30. The molecule has 1 fully saturated rings. The Morgan fingerprint density at radius 1 is 1.11 bits per heavy atom. The third-order valence-corrected chi connectivity index (χ3v) is 6.59. The summed E-state index contributed by atoms with van der Waals surface area (Å²) in [5, 5.41) is 13.6. The van der Waals surface area contributed by atoms with Crippen LogP contribution < -0.4 is 10.0 Å². The zero-order valence-electron chi connectivity index (χ0n) is 14.9. The summed E-state index contributed by atoms with van der Waals surface area (Å²) in [7, 11) is 0. The molecule has 3 N–H and O–H groups in total. The topological polar surface area (TPSA) is 74.5 Å². The van der Waals surface area contributed by atoms with Gasteiger partial charge >= 0.3 is 6.03 Å². The van der Waals surface area contributed by atoms with Crippen LogP contribution in [0.4, 0.5) is 14.9 Å². The highest BCUT2D eigenvalue weighted by atomic mass is 32.2. The number of furan rings is 1. The van der Waals surface area contributed by atoms with E-state index in [0.717, 1.165) is 96.8 Å². The Kier molecular flexibility index (Phi) is 3.98. The average molecular weight is 388 g/mol. The van der Waals surface area contributed by atoms with Crippen molar-refractivity contribution in [3.63, 3.8) is 0 Å². The fourth-order valence-corrected chi connectivity index (χ4v) is 4.82. The Bertz CT molecular complexity index is 901. The van der Waals surface area contributed by atoms with E-state index in [1.807, 2.05) is 0 Å². The number of aliphatic hydroxyl groups is 1. The lowest BCUT2D eigenvalue weighted by atomic mass is 9.98. The Morgan fingerprint density at radius 2 is 1.74 bits per heavy atom. The molecule has 0 radical (unpaired) electrons. The van der Waals surface area contributed by atoms with E-state index in [1.165, 1.54) is 6.26 Å². The van der Waals surface area contributed by atoms with Crippen LogP contribution in [0.25, 0.3) is 0 Å². The molecule has 142 valence electrons. The number of hydrogen-bond donors (Lipinski definition) is 3. The van der Waals surface area contributed by atoms with Gasteiger partial charge in [-0.05, 0) is 79.7 Å². The van der Waals surface area contributed by atoms with Crippen LogP contribution in [-0.2, 0) is 31.3 Å². The first-order chi connectivity index (χ1) is 13.0. The Balaban J connectivity index is 1.31. The molecular weight excluding hydrogens is 367 g/mol. The highest BCUT2D eigenvalue weighted by Crippen LogP contribution is 2.46. The van der Waals surface area contributed by atoms with E-state index >= 15 is 0 Å². The molecule has 0 aliphatic heterocycles. The van der Waals surface area contributed by atoms with Crippen molar-refractivity contribution in [2.45, 2.75) is 62.1 Å². The monoisotopic (exact) mass is 388 g/mol. The summed E-state index contributed by atoms with van der Waals surface area (Å²) < 4.78 is 22.8. The predicted octanol–water partition coefficient (Wildman–Crippen LogP) is 4.21. The van der Waals surface area contributed by atoms with E-state index in [9.17, 15) is 14.3 Å². The van der Waals surface area contributed by atoms with Crippen molar-refractivity contribution in [1.82, 2.24) is 4.72 Å². The quantitative estimate of drug-likeness (QED) is 0.686. The highest BCUT2D eigenvalue weighted by molar-refractivity contribution is 7.97. The normalized spacial score (nSPS) is 18.9. The van der Waals surface area contributed by atoms with Gasteiger partial charge in [0.1, 0.15) is 5.82 Å². The molecule has 2 amide bonds. The van der Waals surface area contributed by atoms with Gasteiger partial charge in [-0.2, -0.15) is 0 Å². The van der Waals surface area contributed by atoms with Gasteiger partial charge in [-0.1, -0.05) is 0 Å². The molecule has 0 bridgehead atoms. The maximum absolute atomic E-state index is 14.7. The molecule has 0 saturated heterocycles. The number of rotatable bonds is 4. The number of anilines is 1. The van der Waals surface area contributed by atoms with Crippen molar-refractivity contribution < 1.29 is 18.7 Å². The van der Waals surface area contributed by atoms with Crippen LogP contribution in [0.3, 0.4) is 0 Å². The summed E-state index contributed by atoms with van der Waals surface area (Å²) in [6.45, 7) is 0. The van der Waals surface area contributed by atoms with Gasteiger partial charge < -0.3 is 14.8 Å². The maximum atomic E-state index is 14.7. The third kappa shape index (κ3) is 2.93. The summed E-state index contributed by atoms with van der Waals surface area (Å²) >= 11 is 1.07. The molecule has 3 aliphatic rings. The molecule has 1 aromatic carbocycles. The van der Waals surface area contributed by atoms with E-state index in [0.29, 0.717) is 5.09 Å². The molecule has 27 heavy (non-hydrogen) atoms. The van der Waals surface area contributed by atoms with Crippen LogP contribution in [0.2, 0.25) is 0 Å². The van der Waals surface area contributed by atoms with Crippen LogP contribution in [0.1, 0.15) is 53.5 Å². The lowest BCUT2D eigenvalue weighted by molar-refractivity contribution is 0.150. The first kappa shape index (κ1) is 17.1. The minimum absolute atomic E-state index is 0.0449. The van der Waals surface area contributed by atoms with Gasteiger partial charge in [-0.15, -0.1) is 0 Å². The minimum Gasteiger partial charge on any atom is -0.456 e. The van der Waals surface area contributed by atoms with Crippen LogP contribution in [0, 0.1) is 5.82 Å². The zero-order valence-corrected chi connectivity index (χ0v) is 15.7. The van der Waals surface area contributed by atoms with Crippen LogP contribution >= 0.6 is 11.9 Å². The standard InChI is InChI=1S/C20H21FN2O3S/c21-17-12-3-1-5-14(12)18(15-6-2-4-13(15)17)22-19(24)23-27-16-9-11(10-26-16)20(25)7-8-20/h9-10,25H,1-8H2,(H2,22,23,24). The van der Waals surface area contributed by atoms with Crippen LogP contribution in [-0.4, -0.2) is 11.1 Å². The number of nitrogens with one attached hydrogen (secondary N) is 2. The summed E-state index contributed by atoms with van der Waals surface area (Å²) in [5.41, 5.74) is 4.30. The van der Waals surface area contributed by atoms with Gasteiger partial charge in [0.25, 0.3) is 0 Å². The third-order valence-electron chi connectivity index (χ3n) is 5.89. The number of urea groups is 1. The lowest BCUT2D eigenvalue weighted by Crippen LogP contribution is -2.24. The smallest absolute Gasteiger partial charge is 0.329 e. The second kappa shape index (κ2) is 6.27. The number of carbonyl (C=O) groups is 1. The molecule has 0 atom stereocenters. The van der Waals surface area contributed by atoms with E-state index in [1.54, 1.807) is 6.07 Å². The summed E-state index contributed by atoms with van der Waals surface area (Å²) in [4.78, 5) is 12.5. The first-order valence-electron chi connectivity index (χ1n) is 9.45. The fraction of sp³-hybridized carbons (Fsp3) is 0.450. The van der Waals surface area contributed by atoms with Crippen LogP contribution in [0.15, 0.2) is 21.8 Å².